The number of rotatable bonds is 7. The first kappa shape index (κ1) is 15.2. The molecule has 0 atom stereocenters. The van der Waals surface area contributed by atoms with Crippen LogP contribution in [0.2, 0.25) is 0 Å². The number of hydrogen-bond acceptors (Lipinski definition) is 6. The first-order chi connectivity index (χ1) is 10.1. The first-order valence-electron chi connectivity index (χ1n) is 6.90. The van der Waals surface area contributed by atoms with Crippen molar-refractivity contribution >= 4 is 0 Å². The summed E-state index contributed by atoms with van der Waals surface area (Å²) in [6.07, 6.45) is 3.74. The zero-order valence-electron chi connectivity index (χ0n) is 12.3. The van der Waals surface area contributed by atoms with Gasteiger partial charge in [-0.3, -0.25) is 4.79 Å². The Hall–Kier alpha value is -2.22. The molecule has 21 heavy (non-hydrogen) atoms. The van der Waals surface area contributed by atoms with Crippen LogP contribution in [0.25, 0.3) is 0 Å². The van der Waals surface area contributed by atoms with Gasteiger partial charge in [0.05, 0.1) is 12.8 Å². The average Bonchev–Trinajstić information content (AvgIpc) is 2.90. The number of ether oxygens (including phenoxy) is 1. The largest absolute Gasteiger partial charge is 0.492 e. The second-order valence-corrected chi connectivity index (χ2v) is 4.89. The molecule has 0 aliphatic carbocycles. The van der Waals surface area contributed by atoms with Crippen molar-refractivity contribution in [2.24, 2.45) is 5.73 Å². The quantitative estimate of drug-likeness (QED) is 0.731. The van der Waals surface area contributed by atoms with Gasteiger partial charge in [0.15, 0.2) is 0 Å². The van der Waals surface area contributed by atoms with Crippen molar-refractivity contribution in [1.29, 1.82) is 0 Å². The van der Waals surface area contributed by atoms with Gasteiger partial charge in [0.25, 0.3) is 5.56 Å². The number of aromatic nitrogens is 5. The van der Waals surface area contributed by atoms with Crippen LogP contribution in [0.15, 0.2) is 23.4 Å². The molecule has 2 N–H and O–H groups in total. The summed E-state index contributed by atoms with van der Waals surface area (Å²) in [4.78, 5) is 16.2. The van der Waals surface area contributed by atoms with Crippen molar-refractivity contribution in [1.82, 2.24) is 24.5 Å². The van der Waals surface area contributed by atoms with E-state index in [0.29, 0.717) is 24.7 Å². The molecule has 8 nitrogen and oxygen atoms in total. The van der Waals surface area contributed by atoms with Crippen LogP contribution < -0.4 is 16.0 Å². The van der Waals surface area contributed by atoms with Gasteiger partial charge in [-0.25, -0.2) is 14.3 Å². The summed E-state index contributed by atoms with van der Waals surface area (Å²) >= 11 is 0. The third kappa shape index (κ3) is 3.88. The summed E-state index contributed by atoms with van der Waals surface area (Å²) in [5, 5.41) is 8.23. The van der Waals surface area contributed by atoms with E-state index in [0.717, 1.165) is 6.42 Å². The van der Waals surface area contributed by atoms with E-state index in [9.17, 15) is 4.79 Å². The predicted molar refractivity (Wildman–Crippen MR) is 77.2 cm³/mol. The molecular formula is C13H20N6O2. The van der Waals surface area contributed by atoms with Crippen molar-refractivity contribution in [3.63, 3.8) is 0 Å². The van der Waals surface area contributed by atoms with Crippen molar-refractivity contribution < 1.29 is 4.74 Å². The molecule has 0 aliphatic heterocycles. The Bertz CT molecular complexity index is 634. The van der Waals surface area contributed by atoms with Crippen LogP contribution in [0.3, 0.4) is 0 Å². The molecule has 2 aromatic rings. The van der Waals surface area contributed by atoms with Crippen molar-refractivity contribution in [3.8, 4) is 5.75 Å². The third-order valence-corrected chi connectivity index (χ3v) is 2.89. The lowest BCUT2D eigenvalue weighted by molar-refractivity contribution is 0.309. The van der Waals surface area contributed by atoms with Gasteiger partial charge >= 0.3 is 0 Å². The second kappa shape index (κ2) is 6.98. The van der Waals surface area contributed by atoms with Crippen molar-refractivity contribution in [2.75, 3.05) is 13.2 Å². The van der Waals surface area contributed by atoms with Crippen LogP contribution in [0.1, 0.15) is 32.1 Å². The van der Waals surface area contributed by atoms with E-state index in [-0.39, 0.29) is 18.1 Å². The van der Waals surface area contributed by atoms with Crippen molar-refractivity contribution in [2.45, 2.75) is 32.9 Å². The highest BCUT2D eigenvalue weighted by molar-refractivity contribution is 5.13. The normalized spacial score (nSPS) is 11.0. The Morgan fingerprint density at radius 3 is 2.86 bits per heavy atom. The van der Waals surface area contributed by atoms with E-state index >= 15 is 0 Å². The molecule has 2 aromatic heterocycles. The summed E-state index contributed by atoms with van der Waals surface area (Å²) < 4.78 is 8.49. The van der Waals surface area contributed by atoms with E-state index in [1.807, 2.05) is 13.8 Å². The second-order valence-electron chi connectivity index (χ2n) is 4.89. The Kier molecular flexibility index (Phi) is 5.04. The molecule has 0 radical (unpaired) electrons. The number of nitrogens with two attached hydrogens (primary N) is 1. The van der Waals surface area contributed by atoms with Gasteiger partial charge in [-0.15, -0.1) is 0 Å². The standard InChI is InChI=1S/C13H20N6O2/c1-10(2)19-12(15-9-17-19)8-18-13(20)6-11(7-16-18)21-5-3-4-14/h6-7,9-10H,3-5,8,14H2,1-2H3. The molecule has 8 heteroatoms. The van der Waals surface area contributed by atoms with Crippen LogP contribution in [-0.4, -0.2) is 37.7 Å². The number of nitrogens with zero attached hydrogens (tertiary/aromatic N) is 5. The maximum Gasteiger partial charge on any atom is 0.270 e. The zero-order valence-corrected chi connectivity index (χ0v) is 12.3. The van der Waals surface area contributed by atoms with Gasteiger partial charge in [0.2, 0.25) is 0 Å². The van der Waals surface area contributed by atoms with Crippen LogP contribution in [0, 0.1) is 0 Å². The van der Waals surface area contributed by atoms with Gasteiger partial charge in [0, 0.05) is 12.1 Å². The lowest BCUT2D eigenvalue weighted by Crippen LogP contribution is -2.25. The molecule has 0 saturated carbocycles. The van der Waals surface area contributed by atoms with Gasteiger partial charge < -0.3 is 10.5 Å². The summed E-state index contributed by atoms with van der Waals surface area (Å²) in [5.41, 5.74) is 5.15. The molecule has 0 spiro atoms. The smallest absolute Gasteiger partial charge is 0.270 e. The van der Waals surface area contributed by atoms with Gasteiger partial charge in [-0.05, 0) is 26.8 Å². The topological polar surface area (TPSA) is 101 Å². The molecule has 2 heterocycles. The van der Waals surface area contributed by atoms with Crippen LogP contribution >= 0.6 is 0 Å². The van der Waals surface area contributed by atoms with E-state index in [2.05, 4.69) is 15.2 Å². The molecule has 0 saturated heterocycles. The SMILES string of the molecule is CC(C)n1ncnc1Cn1ncc(OCCCN)cc1=O. The maximum absolute atomic E-state index is 12.0. The average molecular weight is 292 g/mol. The highest BCUT2D eigenvalue weighted by atomic mass is 16.5. The van der Waals surface area contributed by atoms with Crippen LogP contribution in [0.5, 0.6) is 5.75 Å². The van der Waals surface area contributed by atoms with Gasteiger partial charge in [-0.1, -0.05) is 0 Å². The van der Waals surface area contributed by atoms with Crippen LogP contribution in [0.4, 0.5) is 0 Å². The lowest BCUT2D eigenvalue weighted by Gasteiger charge is -2.10. The lowest BCUT2D eigenvalue weighted by atomic mass is 10.4. The Balaban J connectivity index is 2.10. The Morgan fingerprint density at radius 2 is 2.19 bits per heavy atom. The Labute approximate surface area is 122 Å². The summed E-state index contributed by atoms with van der Waals surface area (Å²) in [6.45, 7) is 5.31. The van der Waals surface area contributed by atoms with E-state index in [1.54, 1.807) is 4.68 Å². The van der Waals surface area contributed by atoms with Gasteiger partial charge in [0.1, 0.15) is 24.4 Å². The molecule has 0 amide bonds. The van der Waals surface area contributed by atoms with Crippen molar-refractivity contribution in [3.05, 3.63) is 34.8 Å². The van der Waals surface area contributed by atoms with E-state index in [4.69, 9.17) is 10.5 Å². The summed E-state index contributed by atoms with van der Waals surface area (Å²) in [5.74, 6) is 1.14. The molecule has 0 aromatic carbocycles. The number of hydrogen-bond donors (Lipinski definition) is 1. The van der Waals surface area contributed by atoms with Crippen LogP contribution in [-0.2, 0) is 6.54 Å². The molecule has 2 rings (SSSR count). The molecule has 0 unspecified atom stereocenters. The summed E-state index contributed by atoms with van der Waals surface area (Å²) in [7, 11) is 0. The predicted octanol–water partition coefficient (Wildman–Crippen LogP) is 0.192. The molecule has 0 fully saturated rings. The zero-order chi connectivity index (χ0) is 15.2. The highest BCUT2D eigenvalue weighted by Crippen LogP contribution is 2.07. The molecule has 0 bridgehead atoms. The first-order valence-corrected chi connectivity index (χ1v) is 6.90. The third-order valence-electron chi connectivity index (χ3n) is 2.89. The fourth-order valence-corrected chi connectivity index (χ4v) is 1.84. The molecular weight excluding hydrogens is 272 g/mol. The Morgan fingerprint density at radius 1 is 1.38 bits per heavy atom. The van der Waals surface area contributed by atoms with E-state index < -0.39 is 0 Å². The fourth-order valence-electron chi connectivity index (χ4n) is 1.84. The monoisotopic (exact) mass is 292 g/mol. The fraction of sp³-hybridized carbons (Fsp3) is 0.538. The summed E-state index contributed by atoms with van der Waals surface area (Å²) in [6, 6.07) is 1.59. The minimum atomic E-state index is -0.237. The minimum absolute atomic E-state index is 0.178. The van der Waals surface area contributed by atoms with Gasteiger partial charge in [-0.2, -0.15) is 10.2 Å². The van der Waals surface area contributed by atoms with E-state index in [1.165, 1.54) is 23.3 Å². The maximum atomic E-state index is 12.0. The highest BCUT2D eigenvalue weighted by Gasteiger charge is 2.10. The molecule has 114 valence electrons. The molecule has 0 aliphatic rings. The minimum Gasteiger partial charge on any atom is -0.492 e.